The topological polar surface area (TPSA) is 29.5 Å². The molecule has 0 amide bonds. The lowest BCUT2D eigenvalue weighted by molar-refractivity contribution is 0.198. The molecular formula is C15H14BrFO2S. The number of hydrogen-bond acceptors (Lipinski definition) is 3. The van der Waals surface area contributed by atoms with E-state index in [1.54, 1.807) is 12.1 Å². The maximum absolute atomic E-state index is 13.8. The third-order valence-electron chi connectivity index (χ3n) is 2.80. The van der Waals surface area contributed by atoms with Crippen LogP contribution in [-0.4, -0.2) is 18.0 Å². The van der Waals surface area contributed by atoms with E-state index in [0.29, 0.717) is 11.5 Å². The van der Waals surface area contributed by atoms with E-state index in [2.05, 4.69) is 15.9 Å². The van der Waals surface area contributed by atoms with Gasteiger partial charge >= 0.3 is 0 Å². The molecule has 2 rings (SSSR count). The van der Waals surface area contributed by atoms with Crippen LogP contribution in [0.2, 0.25) is 0 Å². The fourth-order valence-corrected chi connectivity index (χ4v) is 3.25. The van der Waals surface area contributed by atoms with Crippen LogP contribution in [0.1, 0.15) is 11.7 Å². The minimum atomic E-state index is -0.863. The number of methoxy groups -OCH3 is 1. The van der Waals surface area contributed by atoms with Gasteiger partial charge in [-0.25, -0.2) is 4.39 Å². The first-order valence-corrected chi connectivity index (χ1v) is 7.78. The molecule has 1 unspecified atom stereocenters. The van der Waals surface area contributed by atoms with Crippen LogP contribution in [0.4, 0.5) is 4.39 Å². The van der Waals surface area contributed by atoms with Crippen molar-refractivity contribution in [3.63, 3.8) is 0 Å². The summed E-state index contributed by atoms with van der Waals surface area (Å²) in [6, 6.07) is 12.2. The molecule has 0 bridgehead atoms. The van der Waals surface area contributed by atoms with Crippen molar-refractivity contribution in [1.29, 1.82) is 0 Å². The summed E-state index contributed by atoms with van der Waals surface area (Å²) in [6.45, 7) is 0. The highest BCUT2D eigenvalue weighted by molar-refractivity contribution is 9.10. The Hall–Kier alpha value is -1.04. The van der Waals surface area contributed by atoms with Gasteiger partial charge in [-0.2, -0.15) is 0 Å². The Kier molecular flexibility index (Phi) is 5.46. The second-order valence-corrected chi connectivity index (χ2v) is 6.06. The number of aliphatic hydroxyl groups is 1. The molecule has 1 atom stereocenters. The zero-order valence-electron chi connectivity index (χ0n) is 10.8. The molecule has 2 nitrogen and oxygen atoms in total. The third-order valence-corrected chi connectivity index (χ3v) is 4.90. The maximum Gasteiger partial charge on any atom is 0.132 e. The summed E-state index contributed by atoms with van der Waals surface area (Å²) in [7, 11) is 1.48. The summed E-state index contributed by atoms with van der Waals surface area (Å²) >= 11 is 4.92. The zero-order valence-corrected chi connectivity index (χ0v) is 13.2. The Morgan fingerprint density at radius 2 is 2.05 bits per heavy atom. The number of benzene rings is 2. The summed E-state index contributed by atoms with van der Waals surface area (Å²) < 4.78 is 19.7. The molecule has 0 aliphatic carbocycles. The lowest BCUT2D eigenvalue weighted by Crippen LogP contribution is -2.04. The normalized spacial score (nSPS) is 12.2. The standard InChI is InChI=1S/C15H14BrFO2S/c1-19-10-6-7-11(13(17)8-10)14(18)9-20-15-5-3-2-4-12(15)16/h2-8,14,18H,9H2,1H3. The van der Waals surface area contributed by atoms with Gasteiger partial charge in [0.05, 0.1) is 13.2 Å². The number of ether oxygens (including phenoxy) is 1. The van der Waals surface area contributed by atoms with Crippen molar-refractivity contribution in [2.24, 2.45) is 0 Å². The van der Waals surface area contributed by atoms with Crippen molar-refractivity contribution in [3.8, 4) is 5.75 Å². The quantitative estimate of drug-likeness (QED) is 0.804. The van der Waals surface area contributed by atoms with Gasteiger partial charge < -0.3 is 9.84 Å². The Morgan fingerprint density at radius 3 is 2.70 bits per heavy atom. The average molecular weight is 357 g/mol. The molecular weight excluding hydrogens is 343 g/mol. The van der Waals surface area contributed by atoms with Crippen LogP contribution in [0.5, 0.6) is 5.75 Å². The highest BCUT2D eigenvalue weighted by atomic mass is 79.9. The van der Waals surface area contributed by atoms with E-state index in [0.717, 1.165) is 9.37 Å². The van der Waals surface area contributed by atoms with Gasteiger partial charge in [0.2, 0.25) is 0 Å². The first-order chi connectivity index (χ1) is 9.61. The zero-order chi connectivity index (χ0) is 14.5. The highest BCUT2D eigenvalue weighted by Crippen LogP contribution is 2.31. The van der Waals surface area contributed by atoms with Crippen LogP contribution in [0.3, 0.4) is 0 Å². The van der Waals surface area contributed by atoms with Crippen LogP contribution < -0.4 is 4.74 Å². The summed E-state index contributed by atoms with van der Waals surface area (Å²) in [5.74, 6) is 0.368. The van der Waals surface area contributed by atoms with Gasteiger partial charge in [0, 0.05) is 26.8 Å². The van der Waals surface area contributed by atoms with Gasteiger partial charge in [0.1, 0.15) is 11.6 Å². The predicted octanol–water partition coefficient (Wildman–Crippen LogP) is 4.42. The van der Waals surface area contributed by atoms with Crippen molar-refractivity contribution in [1.82, 2.24) is 0 Å². The predicted molar refractivity (Wildman–Crippen MR) is 82.8 cm³/mol. The van der Waals surface area contributed by atoms with E-state index in [1.165, 1.54) is 24.9 Å². The van der Waals surface area contributed by atoms with E-state index in [1.807, 2.05) is 24.3 Å². The smallest absolute Gasteiger partial charge is 0.132 e. The van der Waals surface area contributed by atoms with Crippen LogP contribution in [0.25, 0.3) is 0 Å². The molecule has 5 heteroatoms. The molecule has 1 N–H and O–H groups in total. The second kappa shape index (κ2) is 7.11. The lowest BCUT2D eigenvalue weighted by atomic mass is 10.1. The van der Waals surface area contributed by atoms with E-state index < -0.39 is 11.9 Å². The number of thioether (sulfide) groups is 1. The minimum Gasteiger partial charge on any atom is -0.497 e. The molecule has 0 aliphatic heterocycles. The second-order valence-electron chi connectivity index (χ2n) is 4.14. The van der Waals surface area contributed by atoms with Crippen molar-refractivity contribution in [3.05, 3.63) is 58.3 Å². The van der Waals surface area contributed by atoms with Gasteiger partial charge in [-0.05, 0) is 40.2 Å². The van der Waals surface area contributed by atoms with Gasteiger partial charge in [-0.1, -0.05) is 12.1 Å². The molecule has 0 aromatic heterocycles. The molecule has 0 heterocycles. The maximum atomic E-state index is 13.8. The molecule has 20 heavy (non-hydrogen) atoms. The highest BCUT2D eigenvalue weighted by Gasteiger charge is 2.14. The van der Waals surface area contributed by atoms with Gasteiger partial charge in [0.25, 0.3) is 0 Å². The number of halogens is 2. The monoisotopic (exact) mass is 356 g/mol. The molecule has 0 aliphatic rings. The molecule has 106 valence electrons. The van der Waals surface area contributed by atoms with Crippen LogP contribution in [0.15, 0.2) is 51.8 Å². The number of hydrogen-bond donors (Lipinski definition) is 1. The molecule has 0 spiro atoms. The third kappa shape index (κ3) is 3.75. The Labute approximate surface area is 130 Å². The largest absolute Gasteiger partial charge is 0.497 e. The van der Waals surface area contributed by atoms with Crippen molar-refractivity contribution in [2.75, 3.05) is 12.9 Å². The Balaban J connectivity index is 2.05. The summed E-state index contributed by atoms with van der Waals surface area (Å²) in [5, 5.41) is 10.1. The molecule has 0 fully saturated rings. The summed E-state index contributed by atoms with van der Waals surface area (Å²) in [4.78, 5) is 1.01. The average Bonchev–Trinajstić information content (AvgIpc) is 2.46. The van der Waals surface area contributed by atoms with E-state index >= 15 is 0 Å². The van der Waals surface area contributed by atoms with Crippen LogP contribution in [-0.2, 0) is 0 Å². The summed E-state index contributed by atoms with van der Waals surface area (Å²) in [5.41, 5.74) is 0.283. The number of aliphatic hydroxyl groups excluding tert-OH is 1. The number of rotatable bonds is 5. The Morgan fingerprint density at radius 1 is 1.30 bits per heavy atom. The van der Waals surface area contributed by atoms with Crippen LogP contribution >= 0.6 is 27.7 Å². The molecule has 0 radical (unpaired) electrons. The first-order valence-electron chi connectivity index (χ1n) is 6.00. The molecule has 0 saturated carbocycles. The van der Waals surface area contributed by atoms with Crippen molar-refractivity contribution < 1.29 is 14.2 Å². The van der Waals surface area contributed by atoms with E-state index in [9.17, 15) is 9.50 Å². The first kappa shape index (κ1) is 15.4. The van der Waals surface area contributed by atoms with E-state index in [4.69, 9.17) is 4.74 Å². The van der Waals surface area contributed by atoms with Gasteiger partial charge in [-0.15, -0.1) is 11.8 Å². The summed E-state index contributed by atoms with van der Waals surface area (Å²) in [6.07, 6.45) is -0.863. The van der Waals surface area contributed by atoms with Gasteiger partial charge in [-0.3, -0.25) is 0 Å². The molecule has 2 aromatic rings. The van der Waals surface area contributed by atoms with Crippen molar-refractivity contribution in [2.45, 2.75) is 11.0 Å². The Bertz CT molecular complexity index is 592. The minimum absolute atomic E-state index is 0.283. The fourth-order valence-electron chi connectivity index (χ4n) is 1.73. The lowest BCUT2D eigenvalue weighted by Gasteiger charge is -2.13. The SMILES string of the molecule is COc1ccc(C(O)CSc2ccccc2Br)c(F)c1. The van der Waals surface area contributed by atoms with E-state index in [-0.39, 0.29) is 5.56 Å². The molecule has 0 saturated heterocycles. The van der Waals surface area contributed by atoms with Gasteiger partial charge in [0.15, 0.2) is 0 Å². The van der Waals surface area contributed by atoms with Crippen LogP contribution in [0, 0.1) is 5.82 Å². The fraction of sp³-hybridized carbons (Fsp3) is 0.200. The molecule has 2 aromatic carbocycles. The van der Waals surface area contributed by atoms with Crippen molar-refractivity contribution >= 4 is 27.7 Å².